The average Bonchev–Trinajstić information content (AvgIpc) is 3.02. The molecule has 0 radical (unpaired) electrons. The van der Waals surface area contributed by atoms with Crippen LogP contribution in [0.3, 0.4) is 0 Å². The van der Waals surface area contributed by atoms with Gasteiger partial charge in [0, 0.05) is 18.0 Å². The van der Waals surface area contributed by atoms with Crippen molar-refractivity contribution in [3.8, 4) is 0 Å². The maximum absolute atomic E-state index is 10.8. The smallest absolute Gasteiger partial charge is 0.365 e. The van der Waals surface area contributed by atoms with Crippen molar-refractivity contribution in [2.45, 2.75) is 25.4 Å². The van der Waals surface area contributed by atoms with E-state index in [9.17, 15) is 4.79 Å². The number of carbonyl (C=O) groups is 1. The van der Waals surface area contributed by atoms with Crippen LogP contribution in [0.2, 0.25) is 0 Å². The van der Waals surface area contributed by atoms with Crippen molar-refractivity contribution in [3.63, 3.8) is 0 Å². The molecule has 2 N–H and O–H groups in total. The molecule has 0 fully saturated rings. The van der Waals surface area contributed by atoms with Crippen molar-refractivity contribution in [2.24, 2.45) is 0 Å². The maximum atomic E-state index is 10.8. The molecule has 1 aromatic carbocycles. The van der Waals surface area contributed by atoms with Gasteiger partial charge in [0.05, 0.1) is 5.69 Å². The predicted octanol–water partition coefficient (Wildman–Crippen LogP) is 2.10. The summed E-state index contributed by atoms with van der Waals surface area (Å²) in [6.45, 7) is 0.627. The summed E-state index contributed by atoms with van der Waals surface area (Å²) in [5, 5.41) is 14.2. The molecule has 98 valence electrons. The highest BCUT2D eigenvalue weighted by atomic mass is 32.1. The third-order valence-electron chi connectivity index (χ3n) is 3.36. The molecule has 0 saturated heterocycles. The van der Waals surface area contributed by atoms with Crippen LogP contribution in [0.25, 0.3) is 0 Å². The first kappa shape index (κ1) is 12.3. The molecule has 3 rings (SSSR count). The van der Waals surface area contributed by atoms with Gasteiger partial charge in [0.1, 0.15) is 0 Å². The Morgan fingerprint density at radius 3 is 2.63 bits per heavy atom. The molecule has 1 aliphatic rings. The second kappa shape index (κ2) is 5.11. The lowest BCUT2D eigenvalue weighted by Gasteiger charge is -2.10. The number of rotatable bonds is 4. The standard InChI is InChI=1S/C14H14N2O2S/c17-14(18)13-16-12(8-19-13)7-15-11-5-9-3-1-2-4-10(9)6-11/h1-4,8,11,15H,5-7H2,(H,17,18). The Morgan fingerprint density at radius 1 is 1.37 bits per heavy atom. The number of nitrogens with zero attached hydrogens (tertiary/aromatic N) is 1. The summed E-state index contributed by atoms with van der Waals surface area (Å²) >= 11 is 1.18. The summed E-state index contributed by atoms with van der Waals surface area (Å²) in [7, 11) is 0. The zero-order valence-corrected chi connectivity index (χ0v) is 11.1. The van der Waals surface area contributed by atoms with Crippen molar-refractivity contribution in [1.82, 2.24) is 10.3 Å². The van der Waals surface area contributed by atoms with E-state index in [-0.39, 0.29) is 5.01 Å². The minimum atomic E-state index is -0.954. The van der Waals surface area contributed by atoms with E-state index in [1.807, 2.05) is 0 Å². The Bertz CT molecular complexity index is 584. The highest BCUT2D eigenvalue weighted by Gasteiger charge is 2.20. The molecule has 0 amide bonds. The van der Waals surface area contributed by atoms with Gasteiger partial charge < -0.3 is 10.4 Å². The fourth-order valence-corrected chi connectivity index (χ4v) is 3.09. The van der Waals surface area contributed by atoms with Crippen LogP contribution in [0.4, 0.5) is 0 Å². The summed E-state index contributed by atoms with van der Waals surface area (Å²) in [5.41, 5.74) is 3.62. The Morgan fingerprint density at radius 2 is 2.05 bits per heavy atom. The van der Waals surface area contributed by atoms with E-state index in [0.717, 1.165) is 18.5 Å². The summed E-state index contributed by atoms with van der Waals surface area (Å²) in [4.78, 5) is 14.8. The number of aromatic nitrogens is 1. The maximum Gasteiger partial charge on any atom is 0.365 e. The van der Waals surface area contributed by atoms with E-state index < -0.39 is 5.97 Å². The number of fused-ring (bicyclic) bond motifs is 1. The molecule has 0 unspecified atom stereocenters. The average molecular weight is 274 g/mol. The molecule has 19 heavy (non-hydrogen) atoms. The fourth-order valence-electron chi connectivity index (χ4n) is 2.44. The Hall–Kier alpha value is -1.72. The van der Waals surface area contributed by atoms with Gasteiger partial charge in [-0.15, -0.1) is 11.3 Å². The third-order valence-corrected chi connectivity index (χ3v) is 4.24. The van der Waals surface area contributed by atoms with E-state index >= 15 is 0 Å². The molecule has 1 aromatic heterocycles. The van der Waals surface area contributed by atoms with Crippen molar-refractivity contribution < 1.29 is 9.90 Å². The summed E-state index contributed by atoms with van der Waals surface area (Å²) in [5.74, 6) is -0.954. The second-order valence-corrected chi connectivity index (χ2v) is 5.56. The monoisotopic (exact) mass is 274 g/mol. The zero-order valence-electron chi connectivity index (χ0n) is 10.3. The SMILES string of the molecule is O=C(O)c1nc(CNC2Cc3ccccc3C2)cs1. The minimum absolute atomic E-state index is 0.159. The second-order valence-electron chi connectivity index (χ2n) is 4.70. The number of benzene rings is 1. The van der Waals surface area contributed by atoms with Crippen LogP contribution in [0, 0.1) is 0 Å². The molecule has 1 heterocycles. The number of carboxylic acids is 1. The van der Waals surface area contributed by atoms with Crippen LogP contribution >= 0.6 is 11.3 Å². The number of thiazole rings is 1. The van der Waals surface area contributed by atoms with Gasteiger partial charge in [-0.05, 0) is 24.0 Å². The molecule has 0 bridgehead atoms. The molecular weight excluding hydrogens is 260 g/mol. The van der Waals surface area contributed by atoms with Gasteiger partial charge in [-0.1, -0.05) is 24.3 Å². The molecule has 4 nitrogen and oxygen atoms in total. The normalized spacial score (nSPS) is 14.5. The lowest BCUT2D eigenvalue weighted by Crippen LogP contribution is -2.29. The number of hydrogen-bond acceptors (Lipinski definition) is 4. The fraction of sp³-hybridized carbons (Fsp3) is 0.286. The van der Waals surface area contributed by atoms with Gasteiger partial charge in [0.25, 0.3) is 0 Å². The minimum Gasteiger partial charge on any atom is -0.476 e. The van der Waals surface area contributed by atoms with Gasteiger partial charge >= 0.3 is 5.97 Å². The van der Waals surface area contributed by atoms with Crippen LogP contribution < -0.4 is 5.32 Å². The first-order valence-electron chi connectivity index (χ1n) is 6.20. The molecule has 0 atom stereocenters. The Labute approximate surface area is 115 Å². The summed E-state index contributed by atoms with van der Waals surface area (Å²) < 4.78 is 0. The van der Waals surface area contributed by atoms with Crippen molar-refractivity contribution in [2.75, 3.05) is 0 Å². The zero-order chi connectivity index (χ0) is 13.2. The molecule has 1 aliphatic carbocycles. The summed E-state index contributed by atoms with van der Waals surface area (Å²) in [6, 6.07) is 8.90. The quantitative estimate of drug-likeness (QED) is 0.896. The van der Waals surface area contributed by atoms with Gasteiger partial charge in [0.2, 0.25) is 5.01 Å². The van der Waals surface area contributed by atoms with E-state index in [1.54, 1.807) is 5.38 Å². The third kappa shape index (κ3) is 2.67. The molecular formula is C14H14N2O2S. The number of aromatic carboxylic acids is 1. The largest absolute Gasteiger partial charge is 0.476 e. The van der Waals surface area contributed by atoms with Crippen molar-refractivity contribution in [3.05, 3.63) is 51.5 Å². The van der Waals surface area contributed by atoms with Crippen LogP contribution in [0.1, 0.15) is 26.6 Å². The van der Waals surface area contributed by atoms with Crippen molar-refractivity contribution in [1.29, 1.82) is 0 Å². The molecule has 0 aliphatic heterocycles. The summed E-state index contributed by atoms with van der Waals surface area (Å²) in [6.07, 6.45) is 2.07. The predicted molar refractivity (Wildman–Crippen MR) is 73.6 cm³/mol. The lowest BCUT2D eigenvalue weighted by molar-refractivity contribution is 0.0696. The van der Waals surface area contributed by atoms with Gasteiger partial charge in [0.15, 0.2) is 0 Å². The van der Waals surface area contributed by atoms with E-state index in [4.69, 9.17) is 5.11 Å². The van der Waals surface area contributed by atoms with Crippen molar-refractivity contribution >= 4 is 17.3 Å². The number of carboxylic acid groups (broad SMARTS) is 1. The Balaban J connectivity index is 1.58. The topological polar surface area (TPSA) is 62.2 Å². The van der Waals surface area contributed by atoms with Gasteiger partial charge in [-0.25, -0.2) is 9.78 Å². The molecule has 5 heteroatoms. The van der Waals surface area contributed by atoms with Crippen LogP contribution in [-0.4, -0.2) is 22.1 Å². The molecule has 0 spiro atoms. The van der Waals surface area contributed by atoms with Gasteiger partial charge in [-0.3, -0.25) is 0 Å². The van der Waals surface area contributed by atoms with Crippen LogP contribution in [0.15, 0.2) is 29.6 Å². The lowest BCUT2D eigenvalue weighted by atomic mass is 10.1. The van der Waals surface area contributed by atoms with Crippen LogP contribution in [-0.2, 0) is 19.4 Å². The number of hydrogen-bond donors (Lipinski definition) is 2. The van der Waals surface area contributed by atoms with E-state index in [1.165, 1.54) is 22.5 Å². The van der Waals surface area contributed by atoms with E-state index in [0.29, 0.717) is 12.6 Å². The molecule has 2 aromatic rings. The number of nitrogens with one attached hydrogen (secondary N) is 1. The Kier molecular flexibility index (Phi) is 3.31. The first-order valence-corrected chi connectivity index (χ1v) is 7.08. The first-order chi connectivity index (χ1) is 9.22. The molecule has 0 saturated carbocycles. The van der Waals surface area contributed by atoms with Gasteiger partial charge in [-0.2, -0.15) is 0 Å². The van der Waals surface area contributed by atoms with Crippen LogP contribution in [0.5, 0.6) is 0 Å². The highest BCUT2D eigenvalue weighted by Crippen LogP contribution is 2.22. The highest BCUT2D eigenvalue weighted by molar-refractivity contribution is 7.11. The van der Waals surface area contributed by atoms with E-state index in [2.05, 4.69) is 34.6 Å².